The molecule has 3 aromatic rings. The van der Waals surface area contributed by atoms with Gasteiger partial charge < -0.3 is 15.3 Å². The molecular formula is C23H25F3N4O. The summed E-state index contributed by atoms with van der Waals surface area (Å²) < 4.78 is 38.5. The Morgan fingerprint density at radius 1 is 1.06 bits per heavy atom. The van der Waals surface area contributed by atoms with Gasteiger partial charge in [0.05, 0.1) is 11.9 Å². The zero-order valence-electron chi connectivity index (χ0n) is 17.2. The summed E-state index contributed by atoms with van der Waals surface area (Å²) in [6.45, 7) is 0.721. The molecule has 2 N–H and O–H groups in total. The predicted octanol–water partition coefficient (Wildman–Crippen LogP) is 4.59. The number of anilines is 1. The van der Waals surface area contributed by atoms with E-state index >= 15 is 0 Å². The van der Waals surface area contributed by atoms with Crippen molar-refractivity contribution in [3.05, 3.63) is 59.9 Å². The third-order valence-corrected chi connectivity index (χ3v) is 5.90. The number of alkyl halides is 3. The average Bonchev–Trinajstić information content (AvgIpc) is 3.20. The van der Waals surface area contributed by atoms with Crippen molar-refractivity contribution in [3.63, 3.8) is 0 Å². The number of phenols is 1. The summed E-state index contributed by atoms with van der Waals surface area (Å²) in [4.78, 5) is 10.7. The number of nitrogens with one attached hydrogen (secondary N) is 1. The van der Waals surface area contributed by atoms with Crippen LogP contribution in [0.1, 0.15) is 30.4 Å². The minimum absolute atomic E-state index is 0.212. The molecule has 2 atom stereocenters. The first-order valence-electron chi connectivity index (χ1n) is 10.3. The molecule has 1 heterocycles. The number of phenolic OH excluding ortho intramolecular Hbond substituents is 1. The third-order valence-electron chi connectivity index (χ3n) is 5.90. The Morgan fingerprint density at radius 3 is 2.55 bits per heavy atom. The van der Waals surface area contributed by atoms with Crippen molar-refractivity contribution in [2.75, 3.05) is 11.9 Å². The normalized spacial score (nSPS) is 19.1. The Labute approximate surface area is 178 Å². The fourth-order valence-electron chi connectivity index (χ4n) is 4.26. The van der Waals surface area contributed by atoms with Gasteiger partial charge in [0.15, 0.2) is 0 Å². The highest BCUT2D eigenvalue weighted by atomic mass is 19.4. The average molecular weight is 430 g/mol. The molecule has 5 nitrogen and oxygen atoms in total. The van der Waals surface area contributed by atoms with Crippen LogP contribution in [0.15, 0.2) is 48.8 Å². The van der Waals surface area contributed by atoms with Crippen molar-refractivity contribution in [2.24, 2.45) is 0 Å². The molecule has 0 aliphatic heterocycles. The molecule has 164 valence electrons. The molecule has 0 amide bonds. The van der Waals surface area contributed by atoms with Crippen LogP contribution in [0.2, 0.25) is 0 Å². The van der Waals surface area contributed by atoms with E-state index in [1.165, 1.54) is 12.4 Å². The van der Waals surface area contributed by atoms with Gasteiger partial charge in [0.1, 0.15) is 17.9 Å². The first-order chi connectivity index (χ1) is 14.8. The van der Waals surface area contributed by atoms with Crippen molar-refractivity contribution >= 4 is 16.7 Å². The maximum Gasteiger partial charge on any atom is 0.393 e. The molecule has 8 heteroatoms. The summed E-state index contributed by atoms with van der Waals surface area (Å²) in [6.07, 6.45) is -0.854. The van der Waals surface area contributed by atoms with Gasteiger partial charge in [-0.1, -0.05) is 18.2 Å². The highest BCUT2D eigenvalue weighted by Crippen LogP contribution is 2.32. The monoisotopic (exact) mass is 430 g/mol. The van der Waals surface area contributed by atoms with Crippen LogP contribution in [0.5, 0.6) is 5.75 Å². The zero-order chi connectivity index (χ0) is 22.0. The van der Waals surface area contributed by atoms with E-state index in [1.54, 1.807) is 24.3 Å². The summed E-state index contributed by atoms with van der Waals surface area (Å²) in [7, 11) is 1.95. The van der Waals surface area contributed by atoms with Crippen molar-refractivity contribution < 1.29 is 18.3 Å². The molecule has 1 aromatic heterocycles. The van der Waals surface area contributed by atoms with Crippen LogP contribution in [-0.4, -0.2) is 40.4 Å². The second-order valence-corrected chi connectivity index (χ2v) is 8.16. The Hall–Kier alpha value is -2.87. The van der Waals surface area contributed by atoms with Crippen molar-refractivity contribution in [3.8, 4) is 5.75 Å². The number of aromatic nitrogens is 2. The van der Waals surface area contributed by atoms with Gasteiger partial charge in [0, 0.05) is 31.1 Å². The largest absolute Gasteiger partial charge is 0.508 e. The molecule has 0 radical (unpaired) electrons. The van der Waals surface area contributed by atoms with Crippen molar-refractivity contribution in [1.82, 2.24) is 15.3 Å². The van der Waals surface area contributed by atoms with Crippen LogP contribution in [0.25, 0.3) is 10.9 Å². The fraction of sp³-hybridized carbons (Fsp3) is 0.391. The minimum atomic E-state index is -4.25. The quantitative estimate of drug-likeness (QED) is 0.599. The summed E-state index contributed by atoms with van der Waals surface area (Å²) in [5, 5.41) is 13.6. The van der Waals surface area contributed by atoms with E-state index in [-0.39, 0.29) is 17.4 Å². The number of aromatic hydroxyl groups is 1. The predicted molar refractivity (Wildman–Crippen MR) is 114 cm³/mol. The molecule has 31 heavy (non-hydrogen) atoms. The Morgan fingerprint density at radius 2 is 1.81 bits per heavy atom. The van der Waals surface area contributed by atoms with Crippen LogP contribution in [-0.2, 0) is 13.0 Å². The number of nitrogens with zero attached hydrogens (tertiary/aromatic N) is 3. The third kappa shape index (κ3) is 5.25. The molecule has 0 unspecified atom stereocenters. The summed E-state index contributed by atoms with van der Waals surface area (Å²) in [5.74, 6) is 0.917. The lowest BCUT2D eigenvalue weighted by Crippen LogP contribution is -2.33. The van der Waals surface area contributed by atoms with E-state index in [9.17, 15) is 18.3 Å². The highest BCUT2D eigenvalue weighted by molar-refractivity contribution is 5.89. The van der Waals surface area contributed by atoms with Gasteiger partial charge in [-0.15, -0.1) is 0 Å². The van der Waals surface area contributed by atoms with Crippen LogP contribution in [0.4, 0.5) is 19.0 Å². The summed E-state index contributed by atoms with van der Waals surface area (Å²) >= 11 is 0. The molecular weight excluding hydrogens is 405 g/mol. The molecule has 4 rings (SSSR count). The summed E-state index contributed by atoms with van der Waals surface area (Å²) in [6, 6.07) is 12.4. The van der Waals surface area contributed by atoms with E-state index in [0.717, 1.165) is 31.4 Å². The SMILES string of the molecule is CN(c1ncnc2ccc(CC(F)(F)F)cc12)[C@@H]1CC[C@H](NCc2ccc(O)cc2)C1. The first kappa shape index (κ1) is 21.4. The van der Waals surface area contributed by atoms with E-state index in [4.69, 9.17) is 0 Å². The van der Waals surface area contributed by atoms with Gasteiger partial charge in [-0.2, -0.15) is 13.2 Å². The molecule has 1 saturated carbocycles. The second-order valence-electron chi connectivity index (χ2n) is 8.16. The van der Waals surface area contributed by atoms with E-state index in [0.29, 0.717) is 22.8 Å². The number of hydrogen-bond donors (Lipinski definition) is 2. The molecule has 1 aliphatic rings. The van der Waals surface area contributed by atoms with Crippen molar-refractivity contribution in [1.29, 1.82) is 0 Å². The Kier molecular flexibility index (Phi) is 6.00. The van der Waals surface area contributed by atoms with Crippen LogP contribution >= 0.6 is 0 Å². The summed E-state index contributed by atoms with van der Waals surface area (Å²) in [5.41, 5.74) is 1.96. The number of benzene rings is 2. The fourth-order valence-corrected chi connectivity index (χ4v) is 4.26. The van der Waals surface area contributed by atoms with E-state index < -0.39 is 12.6 Å². The van der Waals surface area contributed by atoms with Gasteiger partial charge in [0.25, 0.3) is 0 Å². The topological polar surface area (TPSA) is 61.3 Å². The smallest absolute Gasteiger partial charge is 0.393 e. The van der Waals surface area contributed by atoms with Crippen LogP contribution in [0.3, 0.4) is 0 Å². The van der Waals surface area contributed by atoms with Gasteiger partial charge in [-0.05, 0) is 54.7 Å². The zero-order valence-corrected chi connectivity index (χ0v) is 17.2. The van der Waals surface area contributed by atoms with Gasteiger partial charge in [-0.3, -0.25) is 0 Å². The molecule has 0 bridgehead atoms. The first-order valence-corrected chi connectivity index (χ1v) is 10.3. The van der Waals surface area contributed by atoms with Gasteiger partial charge >= 0.3 is 6.18 Å². The standard InChI is InChI=1S/C23H25F3N4O/c1-30(18-6-5-17(11-18)27-13-15-2-7-19(31)8-3-15)22-20-10-16(12-23(24,25)26)4-9-21(20)28-14-29-22/h2-4,7-10,14,17-18,27,31H,5-6,11-13H2,1H3/t17-,18+/m0/s1. The molecule has 0 saturated heterocycles. The maximum absolute atomic E-state index is 12.8. The van der Waals surface area contributed by atoms with E-state index in [2.05, 4.69) is 20.2 Å². The number of halogens is 3. The highest BCUT2D eigenvalue weighted by Gasteiger charge is 2.30. The van der Waals surface area contributed by atoms with Crippen LogP contribution in [0, 0.1) is 0 Å². The Balaban J connectivity index is 1.45. The molecule has 1 aliphatic carbocycles. The Bertz CT molecular complexity index is 1040. The lowest BCUT2D eigenvalue weighted by molar-refractivity contribution is -0.127. The van der Waals surface area contributed by atoms with Crippen LogP contribution < -0.4 is 10.2 Å². The number of fused-ring (bicyclic) bond motifs is 1. The van der Waals surface area contributed by atoms with E-state index in [1.807, 2.05) is 19.2 Å². The number of hydrogen-bond acceptors (Lipinski definition) is 5. The van der Waals surface area contributed by atoms with Crippen molar-refractivity contribution in [2.45, 2.75) is 50.5 Å². The molecule has 1 fully saturated rings. The lowest BCUT2D eigenvalue weighted by atomic mass is 10.1. The molecule has 0 spiro atoms. The molecule has 2 aromatic carbocycles. The maximum atomic E-state index is 12.8. The lowest BCUT2D eigenvalue weighted by Gasteiger charge is -2.27. The minimum Gasteiger partial charge on any atom is -0.508 e. The number of rotatable bonds is 6. The van der Waals surface area contributed by atoms with Gasteiger partial charge in [0.2, 0.25) is 0 Å². The van der Waals surface area contributed by atoms with Gasteiger partial charge in [-0.25, -0.2) is 9.97 Å². The second kappa shape index (κ2) is 8.70.